The van der Waals surface area contributed by atoms with Crippen LogP contribution in [-0.4, -0.2) is 28.7 Å². The summed E-state index contributed by atoms with van der Waals surface area (Å²) in [5, 5.41) is 9.47. The highest BCUT2D eigenvalue weighted by molar-refractivity contribution is 6.23. The van der Waals surface area contributed by atoms with Crippen LogP contribution in [0.15, 0.2) is 64.9 Å². The number of hydrogen-bond donors (Lipinski definition) is 1. The minimum atomic E-state index is -0.603. The highest BCUT2D eigenvalue weighted by Crippen LogP contribution is 2.22. The third-order valence-electron chi connectivity index (χ3n) is 3.47. The van der Waals surface area contributed by atoms with Gasteiger partial charge >= 0.3 is 0 Å². The Kier molecular flexibility index (Phi) is 4.42. The van der Waals surface area contributed by atoms with Crippen molar-refractivity contribution in [3.63, 3.8) is 0 Å². The van der Waals surface area contributed by atoms with Gasteiger partial charge in [0, 0.05) is 12.4 Å². The van der Waals surface area contributed by atoms with Crippen LogP contribution in [0.5, 0.6) is 0 Å². The topological polar surface area (TPSA) is 87.0 Å². The first-order valence-electron chi connectivity index (χ1n) is 7.35. The molecule has 0 saturated carbocycles. The van der Waals surface area contributed by atoms with Crippen molar-refractivity contribution in [2.24, 2.45) is 16.1 Å². The van der Waals surface area contributed by atoms with Crippen LogP contribution in [0.1, 0.15) is 17.4 Å². The van der Waals surface area contributed by atoms with E-state index in [0.29, 0.717) is 11.4 Å². The maximum Gasteiger partial charge on any atom is 0.289 e. The molecular formula is C17H15N5O2. The Hall–Kier alpha value is -3.35. The molecule has 1 N–H and O–H groups in total. The predicted octanol–water partition coefficient (Wildman–Crippen LogP) is 1.84. The van der Waals surface area contributed by atoms with Gasteiger partial charge in [-0.2, -0.15) is 15.2 Å². The van der Waals surface area contributed by atoms with Gasteiger partial charge in [-0.25, -0.2) is 5.43 Å². The molecule has 2 aromatic rings. The van der Waals surface area contributed by atoms with Gasteiger partial charge in [-0.1, -0.05) is 24.3 Å². The molecule has 2 heterocycles. The number of hydrogen-bond acceptors (Lipinski definition) is 5. The highest BCUT2D eigenvalue weighted by Gasteiger charge is 2.33. The second-order valence-electron chi connectivity index (χ2n) is 5.14. The summed E-state index contributed by atoms with van der Waals surface area (Å²) in [4.78, 5) is 28.2. The highest BCUT2D eigenvalue weighted by atomic mass is 16.2. The monoisotopic (exact) mass is 321 g/mol. The minimum absolute atomic E-state index is 0.213. The van der Waals surface area contributed by atoms with Crippen LogP contribution in [-0.2, 0) is 4.79 Å². The van der Waals surface area contributed by atoms with Crippen molar-refractivity contribution < 1.29 is 9.59 Å². The van der Waals surface area contributed by atoms with E-state index in [0.717, 1.165) is 0 Å². The first-order chi connectivity index (χ1) is 11.7. The van der Waals surface area contributed by atoms with Crippen molar-refractivity contribution in [2.75, 3.05) is 5.01 Å². The van der Waals surface area contributed by atoms with E-state index in [1.807, 2.05) is 18.2 Å². The Morgan fingerprint density at radius 2 is 1.96 bits per heavy atom. The number of hydrazone groups is 2. The number of carbonyl (C=O) groups excluding carboxylic acids is 2. The van der Waals surface area contributed by atoms with Crippen LogP contribution in [0.4, 0.5) is 5.69 Å². The summed E-state index contributed by atoms with van der Waals surface area (Å²) in [6, 6.07) is 14.1. The van der Waals surface area contributed by atoms with E-state index in [1.54, 1.807) is 37.3 Å². The zero-order valence-electron chi connectivity index (χ0n) is 13.0. The number of nitrogens with one attached hydrogen (secondary N) is 1. The SMILES string of the molecule is CC1=NN(c2ccccc2)C(=O)[C@H]1/C=N\NC(=O)c1ccccn1. The van der Waals surface area contributed by atoms with E-state index in [1.165, 1.54) is 17.4 Å². The summed E-state index contributed by atoms with van der Waals surface area (Å²) in [6.07, 6.45) is 2.90. The Morgan fingerprint density at radius 3 is 2.67 bits per heavy atom. The molecule has 120 valence electrons. The number of rotatable bonds is 4. The van der Waals surface area contributed by atoms with Crippen molar-refractivity contribution in [2.45, 2.75) is 6.92 Å². The molecule has 0 radical (unpaired) electrons. The van der Waals surface area contributed by atoms with E-state index in [9.17, 15) is 9.59 Å². The van der Waals surface area contributed by atoms with E-state index in [4.69, 9.17) is 0 Å². The van der Waals surface area contributed by atoms with Gasteiger partial charge in [0.15, 0.2) is 0 Å². The zero-order valence-corrected chi connectivity index (χ0v) is 13.0. The maximum absolute atomic E-state index is 12.5. The number of aromatic nitrogens is 1. The molecule has 0 saturated heterocycles. The standard InChI is InChI=1S/C17H15N5O2/c1-12-14(11-19-20-16(23)15-9-5-6-10-18-15)17(24)22(21-12)13-7-3-2-4-8-13/h2-11,14H,1H3,(H,20,23)/b19-11-/t14-/m0/s1. The number of pyridine rings is 1. The molecule has 7 heteroatoms. The fourth-order valence-corrected chi connectivity index (χ4v) is 2.23. The fourth-order valence-electron chi connectivity index (χ4n) is 2.23. The number of anilines is 1. The quantitative estimate of drug-likeness (QED) is 0.688. The summed E-state index contributed by atoms with van der Waals surface area (Å²) < 4.78 is 0. The molecule has 0 fully saturated rings. The molecule has 1 aliphatic heterocycles. The Morgan fingerprint density at radius 1 is 1.21 bits per heavy atom. The van der Waals surface area contributed by atoms with Gasteiger partial charge in [0.2, 0.25) is 0 Å². The van der Waals surface area contributed by atoms with Crippen LogP contribution in [0.2, 0.25) is 0 Å². The molecule has 7 nitrogen and oxygen atoms in total. The summed E-state index contributed by atoms with van der Waals surface area (Å²) in [6.45, 7) is 1.75. The molecule has 0 aliphatic carbocycles. The maximum atomic E-state index is 12.5. The van der Waals surface area contributed by atoms with Gasteiger partial charge < -0.3 is 0 Å². The third-order valence-corrected chi connectivity index (χ3v) is 3.47. The molecule has 0 bridgehead atoms. The molecule has 24 heavy (non-hydrogen) atoms. The number of para-hydroxylation sites is 1. The number of nitrogens with zero attached hydrogens (tertiary/aromatic N) is 4. The van der Waals surface area contributed by atoms with Crippen molar-refractivity contribution in [3.05, 3.63) is 60.4 Å². The summed E-state index contributed by atoms with van der Waals surface area (Å²) in [5.74, 6) is -1.25. The Bertz CT molecular complexity index is 802. The molecule has 1 aromatic carbocycles. The van der Waals surface area contributed by atoms with Crippen LogP contribution in [0, 0.1) is 5.92 Å². The number of carbonyl (C=O) groups is 2. The van der Waals surface area contributed by atoms with Gasteiger partial charge in [0.1, 0.15) is 11.6 Å². The van der Waals surface area contributed by atoms with Crippen molar-refractivity contribution in [3.8, 4) is 0 Å². The summed E-state index contributed by atoms with van der Waals surface area (Å²) in [5.41, 5.74) is 3.92. The van der Waals surface area contributed by atoms with Crippen molar-refractivity contribution >= 4 is 29.4 Å². The van der Waals surface area contributed by atoms with Crippen molar-refractivity contribution in [1.29, 1.82) is 0 Å². The normalized spacial score (nSPS) is 17.2. The Balaban J connectivity index is 1.67. The van der Waals surface area contributed by atoms with Crippen LogP contribution in [0.25, 0.3) is 0 Å². The average molecular weight is 321 g/mol. The van der Waals surface area contributed by atoms with E-state index in [-0.39, 0.29) is 11.6 Å². The van der Waals surface area contributed by atoms with Crippen molar-refractivity contribution in [1.82, 2.24) is 10.4 Å². The third kappa shape index (κ3) is 3.19. The lowest BCUT2D eigenvalue weighted by Crippen LogP contribution is -2.29. The smallest absolute Gasteiger partial charge is 0.271 e. The first-order valence-corrected chi connectivity index (χ1v) is 7.35. The van der Waals surface area contributed by atoms with Gasteiger partial charge in [0.25, 0.3) is 11.8 Å². The summed E-state index contributed by atoms with van der Waals surface area (Å²) >= 11 is 0. The second kappa shape index (κ2) is 6.82. The van der Waals surface area contributed by atoms with Crippen LogP contribution >= 0.6 is 0 Å². The predicted molar refractivity (Wildman–Crippen MR) is 90.7 cm³/mol. The number of benzene rings is 1. The van der Waals surface area contributed by atoms with Gasteiger partial charge in [-0.05, 0) is 31.2 Å². The number of amides is 2. The first kappa shape index (κ1) is 15.5. The molecule has 2 amide bonds. The van der Waals surface area contributed by atoms with Gasteiger partial charge in [0.05, 0.1) is 11.4 Å². The molecule has 0 unspecified atom stereocenters. The van der Waals surface area contributed by atoms with E-state index < -0.39 is 11.8 Å². The molecular weight excluding hydrogens is 306 g/mol. The minimum Gasteiger partial charge on any atom is -0.271 e. The fraction of sp³-hybridized carbons (Fsp3) is 0.118. The average Bonchev–Trinajstić information content (AvgIpc) is 2.91. The van der Waals surface area contributed by atoms with E-state index >= 15 is 0 Å². The molecule has 1 aromatic heterocycles. The molecule has 1 atom stereocenters. The molecule has 1 aliphatic rings. The van der Waals surface area contributed by atoms with Gasteiger partial charge in [-0.15, -0.1) is 0 Å². The largest absolute Gasteiger partial charge is 0.289 e. The lowest BCUT2D eigenvalue weighted by molar-refractivity contribution is -0.118. The lowest BCUT2D eigenvalue weighted by atomic mass is 10.1. The Labute approximate surface area is 138 Å². The molecule has 0 spiro atoms. The van der Waals surface area contributed by atoms with E-state index in [2.05, 4.69) is 20.6 Å². The summed E-state index contributed by atoms with van der Waals surface area (Å²) in [7, 11) is 0. The van der Waals surface area contributed by atoms with Crippen LogP contribution in [0.3, 0.4) is 0 Å². The second-order valence-corrected chi connectivity index (χ2v) is 5.14. The zero-order chi connectivity index (χ0) is 16.9. The molecule has 3 rings (SSSR count). The van der Waals surface area contributed by atoms with Crippen LogP contribution < -0.4 is 10.4 Å². The van der Waals surface area contributed by atoms with Gasteiger partial charge in [-0.3, -0.25) is 14.6 Å². The lowest BCUT2D eigenvalue weighted by Gasteiger charge is -2.12.